The van der Waals surface area contributed by atoms with Gasteiger partial charge in [-0.05, 0) is 41.8 Å². The monoisotopic (exact) mass is 482 g/mol. The van der Waals surface area contributed by atoms with Gasteiger partial charge in [0.2, 0.25) is 5.91 Å². The maximum absolute atomic E-state index is 13.1. The average molecular weight is 483 g/mol. The number of rotatable bonds is 3. The minimum absolute atomic E-state index is 0.107. The van der Waals surface area contributed by atoms with Gasteiger partial charge in [0.25, 0.3) is 0 Å². The van der Waals surface area contributed by atoms with Crippen LogP contribution in [0.3, 0.4) is 0 Å². The lowest BCUT2D eigenvalue weighted by atomic mass is 9.84. The summed E-state index contributed by atoms with van der Waals surface area (Å²) < 4.78 is 6.92. The van der Waals surface area contributed by atoms with Crippen LogP contribution in [0.15, 0.2) is 23.0 Å². The van der Waals surface area contributed by atoms with Crippen molar-refractivity contribution in [1.82, 2.24) is 29.6 Å². The SMILES string of the molecule is CN(C(=O)n1nnn(-c2c(Cl)cccc2Cl)c1=O)[C@@H]1CCC[C@@H](C(=O)N2CCOCC2)C1. The summed E-state index contributed by atoms with van der Waals surface area (Å²) in [6.07, 6.45) is 2.89. The Morgan fingerprint density at radius 2 is 1.81 bits per heavy atom. The Hall–Kier alpha value is -2.43. The fourth-order valence-electron chi connectivity index (χ4n) is 4.29. The van der Waals surface area contributed by atoms with Gasteiger partial charge in [0.1, 0.15) is 5.69 Å². The van der Waals surface area contributed by atoms with E-state index in [1.165, 1.54) is 4.90 Å². The highest BCUT2D eigenvalue weighted by molar-refractivity contribution is 6.37. The molecule has 0 spiro atoms. The molecule has 4 rings (SSSR count). The lowest BCUT2D eigenvalue weighted by molar-refractivity contribution is -0.141. The molecule has 1 aliphatic carbocycles. The Bertz CT molecular complexity index is 1040. The number of tetrazole rings is 1. The van der Waals surface area contributed by atoms with Gasteiger partial charge < -0.3 is 14.5 Å². The lowest BCUT2D eigenvalue weighted by Crippen LogP contribution is -2.49. The maximum Gasteiger partial charge on any atom is 0.377 e. The Morgan fingerprint density at radius 1 is 1.12 bits per heavy atom. The molecule has 172 valence electrons. The molecular formula is C20H24Cl2N6O4. The third kappa shape index (κ3) is 4.39. The third-order valence-electron chi connectivity index (χ3n) is 6.08. The van der Waals surface area contributed by atoms with Crippen LogP contribution < -0.4 is 5.69 Å². The van der Waals surface area contributed by atoms with E-state index in [0.29, 0.717) is 37.4 Å². The van der Waals surface area contributed by atoms with Crippen molar-refractivity contribution in [3.05, 3.63) is 38.7 Å². The summed E-state index contributed by atoms with van der Waals surface area (Å²) in [5, 5.41) is 7.95. The molecule has 1 aromatic carbocycles. The summed E-state index contributed by atoms with van der Waals surface area (Å²) >= 11 is 12.3. The second kappa shape index (κ2) is 9.60. The second-order valence-electron chi connectivity index (χ2n) is 8.00. The van der Waals surface area contributed by atoms with Gasteiger partial charge in [-0.25, -0.2) is 9.59 Å². The van der Waals surface area contributed by atoms with Gasteiger partial charge in [0.15, 0.2) is 0 Å². The molecule has 1 saturated carbocycles. The van der Waals surface area contributed by atoms with Crippen LogP contribution in [0.4, 0.5) is 4.79 Å². The van der Waals surface area contributed by atoms with E-state index < -0.39 is 11.7 Å². The topological polar surface area (TPSA) is 103 Å². The molecule has 1 saturated heterocycles. The van der Waals surface area contributed by atoms with Crippen LogP contribution in [0.25, 0.3) is 5.69 Å². The molecule has 0 bridgehead atoms. The predicted molar refractivity (Wildman–Crippen MR) is 117 cm³/mol. The van der Waals surface area contributed by atoms with E-state index in [4.69, 9.17) is 27.9 Å². The number of para-hydroxylation sites is 1. The number of halogens is 2. The molecule has 1 aliphatic heterocycles. The summed E-state index contributed by atoms with van der Waals surface area (Å²) in [5.74, 6) is -0.0493. The van der Waals surface area contributed by atoms with Gasteiger partial charge >= 0.3 is 11.7 Å². The molecule has 2 atom stereocenters. The molecule has 2 amide bonds. The van der Waals surface area contributed by atoms with E-state index in [2.05, 4.69) is 10.4 Å². The van der Waals surface area contributed by atoms with Gasteiger partial charge in [-0.2, -0.15) is 4.68 Å². The number of morpholine rings is 1. The van der Waals surface area contributed by atoms with E-state index in [0.717, 1.165) is 23.9 Å². The van der Waals surface area contributed by atoms with Gasteiger partial charge in [0, 0.05) is 32.1 Å². The van der Waals surface area contributed by atoms with Crippen LogP contribution in [0, 0.1) is 5.92 Å². The van der Waals surface area contributed by atoms with E-state index >= 15 is 0 Å². The lowest BCUT2D eigenvalue weighted by Gasteiger charge is -2.37. The summed E-state index contributed by atoms with van der Waals surface area (Å²) in [7, 11) is 1.61. The van der Waals surface area contributed by atoms with Crippen molar-refractivity contribution in [2.24, 2.45) is 5.92 Å². The van der Waals surface area contributed by atoms with Crippen LogP contribution in [0.2, 0.25) is 10.0 Å². The normalized spacial score (nSPS) is 21.4. The zero-order chi connectivity index (χ0) is 22.8. The van der Waals surface area contributed by atoms with Crippen LogP contribution in [0.1, 0.15) is 25.7 Å². The van der Waals surface area contributed by atoms with Crippen molar-refractivity contribution in [2.45, 2.75) is 31.7 Å². The van der Waals surface area contributed by atoms with Gasteiger partial charge in [-0.15, -0.1) is 4.68 Å². The van der Waals surface area contributed by atoms with Crippen LogP contribution >= 0.6 is 23.2 Å². The number of nitrogens with zero attached hydrogens (tertiary/aromatic N) is 6. The number of amides is 2. The van der Waals surface area contributed by atoms with Crippen molar-refractivity contribution < 1.29 is 14.3 Å². The van der Waals surface area contributed by atoms with Crippen molar-refractivity contribution in [3.63, 3.8) is 0 Å². The minimum atomic E-state index is -0.770. The molecule has 1 aromatic heterocycles. The Balaban J connectivity index is 1.50. The first-order valence-electron chi connectivity index (χ1n) is 10.5. The first kappa shape index (κ1) is 22.8. The number of carbonyl (C=O) groups excluding carboxylic acids is 2. The zero-order valence-electron chi connectivity index (χ0n) is 17.6. The number of benzene rings is 1. The first-order valence-corrected chi connectivity index (χ1v) is 11.3. The zero-order valence-corrected chi connectivity index (χ0v) is 19.1. The summed E-state index contributed by atoms with van der Waals surface area (Å²) in [4.78, 5) is 42.1. The van der Waals surface area contributed by atoms with E-state index in [1.54, 1.807) is 25.2 Å². The molecule has 10 nitrogen and oxygen atoms in total. The van der Waals surface area contributed by atoms with Crippen LogP contribution in [0.5, 0.6) is 0 Å². The highest BCUT2D eigenvalue weighted by atomic mass is 35.5. The minimum Gasteiger partial charge on any atom is -0.378 e. The molecule has 0 N–H and O–H groups in total. The first-order chi connectivity index (χ1) is 15.4. The number of carbonyl (C=O) groups is 2. The number of hydrogen-bond donors (Lipinski definition) is 0. The fraction of sp³-hybridized carbons (Fsp3) is 0.550. The molecule has 0 radical (unpaired) electrons. The largest absolute Gasteiger partial charge is 0.378 e. The van der Waals surface area contributed by atoms with Crippen LogP contribution in [-0.4, -0.2) is 80.9 Å². The highest BCUT2D eigenvalue weighted by Gasteiger charge is 2.35. The van der Waals surface area contributed by atoms with Crippen molar-refractivity contribution in [1.29, 1.82) is 0 Å². The van der Waals surface area contributed by atoms with Crippen molar-refractivity contribution in [2.75, 3.05) is 33.4 Å². The molecule has 2 fully saturated rings. The summed E-state index contributed by atoms with van der Waals surface area (Å²) in [6.45, 7) is 2.29. The standard InChI is InChI=1S/C20H24Cl2N6O4/c1-25(14-5-2-4-13(12-14)18(29)26-8-10-32-11-9-26)19(30)28-20(31)27(23-24-28)17-15(21)6-3-7-16(17)22/h3,6-7,13-14H,2,4-5,8-12H2,1H3/t13-,14-/m1/s1. The Morgan fingerprint density at radius 3 is 2.50 bits per heavy atom. The number of hydrogen-bond acceptors (Lipinski definition) is 6. The van der Waals surface area contributed by atoms with Crippen molar-refractivity contribution >= 4 is 35.1 Å². The fourth-order valence-corrected chi connectivity index (χ4v) is 4.84. The van der Waals surface area contributed by atoms with E-state index in [1.807, 2.05) is 4.90 Å². The second-order valence-corrected chi connectivity index (χ2v) is 8.82. The average Bonchev–Trinajstić information content (AvgIpc) is 3.19. The van der Waals surface area contributed by atoms with Crippen LogP contribution in [-0.2, 0) is 9.53 Å². The number of aromatic nitrogens is 4. The van der Waals surface area contributed by atoms with Gasteiger partial charge in [0.05, 0.1) is 23.3 Å². The third-order valence-corrected chi connectivity index (χ3v) is 6.69. The molecule has 0 unspecified atom stereocenters. The highest BCUT2D eigenvalue weighted by Crippen LogP contribution is 2.29. The van der Waals surface area contributed by atoms with E-state index in [-0.39, 0.29) is 33.6 Å². The van der Waals surface area contributed by atoms with Crippen molar-refractivity contribution in [3.8, 4) is 5.69 Å². The molecule has 2 aliphatic rings. The summed E-state index contributed by atoms with van der Waals surface area (Å²) in [5.41, 5.74) is -0.607. The maximum atomic E-state index is 13.1. The molecule has 2 heterocycles. The quantitative estimate of drug-likeness (QED) is 0.620. The number of ether oxygens (including phenoxy) is 1. The van der Waals surface area contributed by atoms with E-state index in [9.17, 15) is 14.4 Å². The predicted octanol–water partition coefficient (Wildman–Crippen LogP) is 2.05. The molecule has 12 heteroatoms. The Kier molecular flexibility index (Phi) is 6.82. The van der Waals surface area contributed by atoms with Gasteiger partial charge in [-0.1, -0.05) is 35.7 Å². The smallest absolute Gasteiger partial charge is 0.377 e. The molecule has 2 aromatic rings. The summed E-state index contributed by atoms with van der Waals surface area (Å²) in [6, 6.07) is 3.97. The Labute approximate surface area is 194 Å². The van der Waals surface area contributed by atoms with Gasteiger partial charge in [-0.3, -0.25) is 4.79 Å². The molecule has 32 heavy (non-hydrogen) atoms. The molecular weight excluding hydrogens is 459 g/mol.